The Morgan fingerprint density at radius 1 is 1.00 bits per heavy atom. The molecule has 0 radical (unpaired) electrons. The Morgan fingerprint density at radius 3 is 2.26 bits per heavy atom. The van der Waals surface area contributed by atoms with Gasteiger partial charge in [-0.3, -0.25) is 0 Å². The molecule has 2 N–H and O–H groups in total. The number of nitrogens with two attached hydrogens (primary N) is 1. The van der Waals surface area contributed by atoms with Crippen LogP contribution in [0.2, 0.25) is 0 Å². The minimum Gasteiger partial charge on any atom is -0.457 e. The van der Waals surface area contributed by atoms with E-state index in [1.54, 1.807) is 0 Å². The van der Waals surface area contributed by atoms with Gasteiger partial charge in [0.1, 0.15) is 11.5 Å². The van der Waals surface area contributed by atoms with Crippen LogP contribution in [0.4, 0.5) is 5.69 Å². The monoisotopic (exact) mass is 258 g/mol. The van der Waals surface area contributed by atoms with Crippen molar-refractivity contribution in [2.45, 2.75) is 14.0 Å². The highest BCUT2D eigenvalue weighted by Crippen LogP contribution is 2.26. The summed E-state index contributed by atoms with van der Waals surface area (Å²) in [7, 11) is 4.08. The zero-order valence-corrected chi connectivity index (χ0v) is 10.8. The topological polar surface area (TPSA) is 38.5 Å². The molecule has 0 saturated carbocycles. The molecule has 0 aromatic heterocycles. The van der Waals surface area contributed by atoms with Crippen molar-refractivity contribution in [2.75, 3.05) is 19.8 Å². The van der Waals surface area contributed by atoms with Crippen molar-refractivity contribution in [3.8, 4) is 11.5 Å². The SMILES string of the molecule is C.CN(C)Cc1ccccc1Oc1ccc(N)cc1. The van der Waals surface area contributed by atoms with Gasteiger partial charge in [0.15, 0.2) is 0 Å². The molecule has 0 amide bonds. The molecule has 2 aromatic rings. The van der Waals surface area contributed by atoms with Gasteiger partial charge in [-0.15, -0.1) is 0 Å². The Hall–Kier alpha value is -2.00. The molecule has 2 rings (SSSR count). The molecule has 0 heterocycles. The summed E-state index contributed by atoms with van der Waals surface area (Å²) in [6, 6.07) is 15.5. The molecule has 0 unspecified atom stereocenters. The van der Waals surface area contributed by atoms with Crippen LogP contribution in [0.5, 0.6) is 11.5 Å². The maximum atomic E-state index is 5.88. The molecule has 0 atom stereocenters. The number of rotatable bonds is 4. The fraction of sp³-hybridized carbons (Fsp3) is 0.250. The van der Waals surface area contributed by atoms with E-state index >= 15 is 0 Å². The first-order valence-corrected chi connectivity index (χ1v) is 5.91. The Kier molecular flexibility index (Phi) is 5.39. The Labute approximate surface area is 115 Å². The fourth-order valence-electron chi connectivity index (χ4n) is 1.74. The predicted molar refractivity (Wildman–Crippen MR) is 81.5 cm³/mol. The first-order chi connectivity index (χ1) is 8.65. The lowest BCUT2D eigenvalue weighted by Crippen LogP contribution is -2.11. The lowest BCUT2D eigenvalue weighted by Gasteiger charge is -2.14. The summed E-state index contributed by atoms with van der Waals surface area (Å²) in [6.45, 7) is 0.852. The van der Waals surface area contributed by atoms with Crippen molar-refractivity contribution in [1.82, 2.24) is 4.90 Å². The molecule has 3 nitrogen and oxygen atoms in total. The van der Waals surface area contributed by atoms with Crippen LogP contribution >= 0.6 is 0 Å². The number of nitrogens with zero attached hydrogens (tertiary/aromatic N) is 1. The van der Waals surface area contributed by atoms with Crippen LogP contribution in [-0.4, -0.2) is 19.0 Å². The summed E-state index contributed by atoms with van der Waals surface area (Å²) in [6.07, 6.45) is 0. The summed E-state index contributed by atoms with van der Waals surface area (Å²) in [4.78, 5) is 2.12. The van der Waals surface area contributed by atoms with Crippen LogP contribution in [0.25, 0.3) is 0 Å². The van der Waals surface area contributed by atoms with E-state index in [2.05, 4.69) is 11.0 Å². The molecule has 2 aromatic carbocycles. The molecule has 0 fully saturated rings. The number of ether oxygens (including phenoxy) is 1. The lowest BCUT2D eigenvalue weighted by atomic mass is 10.2. The third kappa shape index (κ3) is 4.30. The van der Waals surface area contributed by atoms with Crippen molar-refractivity contribution in [1.29, 1.82) is 0 Å². The van der Waals surface area contributed by atoms with Gasteiger partial charge in [0.25, 0.3) is 0 Å². The fourth-order valence-corrected chi connectivity index (χ4v) is 1.74. The summed E-state index contributed by atoms with van der Waals surface area (Å²) in [5.41, 5.74) is 7.56. The third-order valence-electron chi connectivity index (χ3n) is 2.57. The van der Waals surface area contributed by atoms with E-state index in [-0.39, 0.29) is 7.43 Å². The minimum atomic E-state index is 0. The second-order valence-corrected chi connectivity index (χ2v) is 4.52. The van der Waals surface area contributed by atoms with E-state index in [1.165, 1.54) is 5.56 Å². The normalized spacial score (nSPS) is 10.1. The first-order valence-electron chi connectivity index (χ1n) is 5.91. The van der Waals surface area contributed by atoms with Crippen molar-refractivity contribution in [3.05, 3.63) is 54.1 Å². The number of hydrogen-bond donors (Lipinski definition) is 1. The Bertz CT molecular complexity index is 506. The lowest BCUT2D eigenvalue weighted by molar-refractivity contribution is 0.388. The molecular formula is C16H22N2O. The molecule has 102 valence electrons. The second kappa shape index (κ2) is 6.81. The summed E-state index contributed by atoms with van der Waals surface area (Å²) in [5, 5.41) is 0. The average molecular weight is 258 g/mol. The van der Waals surface area contributed by atoms with Crippen LogP contribution in [0.3, 0.4) is 0 Å². The largest absolute Gasteiger partial charge is 0.457 e. The van der Waals surface area contributed by atoms with Gasteiger partial charge in [0.05, 0.1) is 0 Å². The zero-order chi connectivity index (χ0) is 13.0. The third-order valence-corrected chi connectivity index (χ3v) is 2.57. The standard InChI is InChI=1S/C15H18N2O.CH4/c1-17(2)11-12-5-3-4-6-15(12)18-14-9-7-13(16)8-10-14;/h3-10H,11,16H2,1-2H3;1H4. The van der Waals surface area contributed by atoms with Crippen molar-refractivity contribution in [3.63, 3.8) is 0 Å². The summed E-state index contributed by atoms with van der Waals surface area (Å²) >= 11 is 0. The predicted octanol–water partition coefficient (Wildman–Crippen LogP) is 3.76. The first kappa shape index (κ1) is 15.1. The van der Waals surface area contributed by atoms with Gasteiger partial charge in [-0.25, -0.2) is 0 Å². The van der Waals surface area contributed by atoms with Crippen LogP contribution in [0, 0.1) is 0 Å². The number of para-hydroxylation sites is 1. The average Bonchev–Trinajstić information content (AvgIpc) is 2.34. The van der Waals surface area contributed by atoms with E-state index in [9.17, 15) is 0 Å². The van der Waals surface area contributed by atoms with Crippen molar-refractivity contribution >= 4 is 5.69 Å². The second-order valence-electron chi connectivity index (χ2n) is 4.52. The molecule has 0 spiro atoms. The minimum absolute atomic E-state index is 0. The molecule has 0 saturated heterocycles. The highest BCUT2D eigenvalue weighted by molar-refractivity contribution is 5.44. The van der Waals surface area contributed by atoms with E-state index in [1.807, 2.05) is 56.6 Å². The number of nitrogen functional groups attached to an aromatic ring is 1. The smallest absolute Gasteiger partial charge is 0.131 e. The molecule has 0 aliphatic heterocycles. The summed E-state index contributed by atoms with van der Waals surface area (Å²) < 4.78 is 5.88. The highest BCUT2D eigenvalue weighted by Gasteiger charge is 2.05. The van der Waals surface area contributed by atoms with E-state index in [0.29, 0.717) is 0 Å². The van der Waals surface area contributed by atoms with Crippen LogP contribution in [-0.2, 0) is 6.54 Å². The van der Waals surface area contributed by atoms with Gasteiger partial charge in [-0.1, -0.05) is 25.6 Å². The quantitative estimate of drug-likeness (QED) is 0.849. The van der Waals surface area contributed by atoms with Gasteiger partial charge in [0, 0.05) is 17.8 Å². The molecular weight excluding hydrogens is 236 g/mol. The van der Waals surface area contributed by atoms with Crippen LogP contribution in [0.1, 0.15) is 13.0 Å². The van der Waals surface area contributed by atoms with Gasteiger partial charge < -0.3 is 15.4 Å². The van der Waals surface area contributed by atoms with Gasteiger partial charge in [-0.05, 0) is 44.4 Å². The maximum absolute atomic E-state index is 5.88. The summed E-state index contributed by atoms with van der Waals surface area (Å²) in [5.74, 6) is 1.69. The van der Waals surface area contributed by atoms with Gasteiger partial charge in [-0.2, -0.15) is 0 Å². The van der Waals surface area contributed by atoms with E-state index in [0.717, 1.165) is 23.7 Å². The molecule has 19 heavy (non-hydrogen) atoms. The van der Waals surface area contributed by atoms with E-state index < -0.39 is 0 Å². The van der Waals surface area contributed by atoms with Gasteiger partial charge >= 0.3 is 0 Å². The number of benzene rings is 2. The van der Waals surface area contributed by atoms with Crippen molar-refractivity contribution < 1.29 is 4.74 Å². The van der Waals surface area contributed by atoms with E-state index in [4.69, 9.17) is 10.5 Å². The Balaban J connectivity index is 0.00000180. The molecule has 0 bridgehead atoms. The van der Waals surface area contributed by atoms with Crippen LogP contribution < -0.4 is 10.5 Å². The Morgan fingerprint density at radius 2 is 1.63 bits per heavy atom. The number of anilines is 1. The molecule has 3 heteroatoms. The maximum Gasteiger partial charge on any atom is 0.131 e. The number of hydrogen-bond acceptors (Lipinski definition) is 3. The van der Waals surface area contributed by atoms with Gasteiger partial charge in [0.2, 0.25) is 0 Å². The molecule has 0 aliphatic carbocycles. The van der Waals surface area contributed by atoms with Crippen molar-refractivity contribution in [2.24, 2.45) is 0 Å². The highest BCUT2D eigenvalue weighted by atomic mass is 16.5. The van der Waals surface area contributed by atoms with Crippen LogP contribution in [0.15, 0.2) is 48.5 Å². The zero-order valence-electron chi connectivity index (χ0n) is 10.8. The molecule has 0 aliphatic rings.